The van der Waals surface area contributed by atoms with E-state index in [1.54, 1.807) is 6.07 Å². The van der Waals surface area contributed by atoms with Crippen molar-refractivity contribution in [3.05, 3.63) is 53.1 Å². The molecule has 0 aliphatic carbocycles. The number of hydrogen-bond acceptors (Lipinski definition) is 6. The minimum Gasteiger partial charge on any atom is -0.506 e. The molecule has 3 rings (SSSR count). The second-order valence-electron chi connectivity index (χ2n) is 5.13. The third-order valence-electron chi connectivity index (χ3n) is 3.46. The lowest BCUT2D eigenvalue weighted by atomic mass is 10.2. The van der Waals surface area contributed by atoms with Crippen molar-refractivity contribution in [3.8, 4) is 11.8 Å². The highest BCUT2D eigenvalue weighted by molar-refractivity contribution is 6.74. The van der Waals surface area contributed by atoms with Crippen LogP contribution in [0.5, 0.6) is 5.75 Å². The van der Waals surface area contributed by atoms with Gasteiger partial charge in [-0.05, 0) is 42.5 Å². The van der Waals surface area contributed by atoms with Gasteiger partial charge in [0.15, 0.2) is 11.4 Å². The SMILES string of the molecule is N#CC1=NN(c2ccc(C(=O)O)cc2)C(=O)C1=Nc1ccc(O)c(Cl)c1. The number of halogens is 1. The lowest BCUT2D eigenvalue weighted by Crippen LogP contribution is -2.27. The van der Waals surface area contributed by atoms with Crippen molar-refractivity contribution in [1.29, 1.82) is 5.26 Å². The van der Waals surface area contributed by atoms with E-state index in [2.05, 4.69) is 10.1 Å². The number of phenolic OH excluding ortho intramolecular Hbond substituents is 1. The van der Waals surface area contributed by atoms with Gasteiger partial charge < -0.3 is 10.2 Å². The number of phenols is 1. The summed E-state index contributed by atoms with van der Waals surface area (Å²) in [5.41, 5.74) is 0.236. The first-order valence-corrected chi connectivity index (χ1v) is 7.52. The summed E-state index contributed by atoms with van der Waals surface area (Å²) in [5, 5.41) is 32.5. The van der Waals surface area contributed by atoms with Crippen LogP contribution in [0.2, 0.25) is 5.02 Å². The van der Waals surface area contributed by atoms with E-state index >= 15 is 0 Å². The van der Waals surface area contributed by atoms with Crippen molar-refractivity contribution in [2.24, 2.45) is 10.1 Å². The van der Waals surface area contributed by atoms with E-state index in [0.717, 1.165) is 5.01 Å². The number of carboxylic acid groups (broad SMARTS) is 1. The smallest absolute Gasteiger partial charge is 0.335 e. The van der Waals surface area contributed by atoms with Gasteiger partial charge in [-0.2, -0.15) is 15.4 Å². The van der Waals surface area contributed by atoms with Crippen LogP contribution < -0.4 is 5.01 Å². The number of aromatic hydroxyl groups is 1. The zero-order valence-electron chi connectivity index (χ0n) is 12.9. The lowest BCUT2D eigenvalue weighted by Gasteiger charge is -2.11. The average molecular weight is 369 g/mol. The molecule has 2 aromatic carbocycles. The summed E-state index contributed by atoms with van der Waals surface area (Å²) in [7, 11) is 0. The van der Waals surface area contributed by atoms with Crippen molar-refractivity contribution in [2.45, 2.75) is 0 Å². The fraction of sp³-hybridized carbons (Fsp3) is 0. The maximum Gasteiger partial charge on any atom is 0.335 e. The van der Waals surface area contributed by atoms with Gasteiger partial charge in [-0.3, -0.25) is 4.79 Å². The number of carbonyl (C=O) groups is 2. The Morgan fingerprint density at radius 2 is 1.92 bits per heavy atom. The predicted molar refractivity (Wildman–Crippen MR) is 94.1 cm³/mol. The first kappa shape index (κ1) is 17.1. The van der Waals surface area contributed by atoms with Crippen LogP contribution in [0.4, 0.5) is 11.4 Å². The summed E-state index contributed by atoms with van der Waals surface area (Å²) in [6.45, 7) is 0. The zero-order chi connectivity index (χ0) is 18.8. The summed E-state index contributed by atoms with van der Waals surface area (Å²) in [5.74, 6) is -1.88. The number of rotatable bonds is 3. The number of aliphatic imine (C=N–C) groups is 1. The first-order chi connectivity index (χ1) is 12.4. The van der Waals surface area contributed by atoms with Crippen molar-refractivity contribution >= 4 is 46.3 Å². The van der Waals surface area contributed by atoms with Gasteiger partial charge in [-0.15, -0.1) is 0 Å². The van der Waals surface area contributed by atoms with Crippen molar-refractivity contribution < 1.29 is 19.8 Å². The Morgan fingerprint density at radius 1 is 1.23 bits per heavy atom. The third-order valence-corrected chi connectivity index (χ3v) is 3.76. The summed E-state index contributed by atoms with van der Waals surface area (Å²) < 4.78 is 0. The molecule has 0 aromatic heterocycles. The normalized spacial score (nSPS) is 15.1. The van der Waals surface area contributed by atoms with Gasteiger partial charge in [0.05, 0.1) is 22.0 Å². The average Bonchev–Trinajstić information content (AvgIpc) is 2.94. The molecule has 1 heterocycles. The highest BCUT2D eigenvalue weighted by Gasteiger charge is 2.33. The molecular formula is C17H9ClN4O4. The van der Waals surface area contributed by atoms with E-state index in [9.17, 15) is 20.0 Å². The van der Waals surface area contributed by atoms with Crippen LogP contribution in [-0.4, -0.2) is 33.5 Å². The van der Waals surface area contributed by atoms with E-state index in [1.807, 2.05) is 0 Å². The van der Waals surface area contributed by atoms with E-state index in [4.69, 9.17) is 16.7 Å². The molecule has 0 unspecified atom stereocenters. The second kappa shape index (κ2) is 6.66. The molecule has 0 saturated carbocycles. The van der Waals surface area contributed by atoms with Gasteiger partial charge in [-0.1, -0.05) is 11.6 Å². The lowest BCUT2D eigenvalue weighted by molar-refractivity contribution is -0.112. The van der Waals surface area contributed by atoms with Crippen LogP contribution in [0.1, 0.15) is 10.4 Å². The number of aromatic carboxylic acids is 1. The first-order valence-electron chi connectivity index (χ1n) is 7.15. The molecule has 26 heavy (non-hydrogen) atoms. The second-order valence-corrected chi connectivity index (χ2v) is 5.53. The summed E-state index contributed by atoms with van der Waals surface area (Å²) >= 11 is 5.81. The van der Waals surface area contributed by atoms with E-state index < -0.39 is 11.9 Å². The van der Waals surface area contributed by atoms with E-state index in [-0.39, 0.29) is 33.4 Å². The topological polar surface area (TPSA) is 126 Å². The van der Waals surface area contributed by atoms with Crippen LogP contribution in [0.25, 0.3) is 0 Å². The van der Waals surface area contributed by atoms with Gasteiger partial charge in [0.2, 0.25) is 0 Å². The van der Waals surface area contributed by atoms with Crippen LogP contribution in [0, 0.1) is 11.3 Å². The van der Waals surface area contributed by atoms with Crippen LogP contribution in [0.15, 0.2) is 52.6 Å². The largest absolute Gasteiger partial charge is 0.506 e. The molecule has 0 fully saturated rings. The quantitative estimate of drug-likeness (QED) is 0.861. The number of anilines is 1. The fourth-order valence-corrected chi connectivity index (χ4v) is 2.36. The van der Waals surface area contributed by atoms with Crippen LogP contribution in [-0.2, 0) is 4.79 Å². The molecule has 0 radical (unpaired) electrons. The number of carbonyl (C=O) groups excluding carboxylic acids is 1. The molecule has 2 N–H and O–H groups in total. The Bertz CT molecular complexity index is 1020. The molecule has 0 bridgehead atoms. The molecule has 1 aliphatic rings. The number of benzene rings is 2. The van der Waals surface area contributed by atoms with Crippen LogP contribution >= 0.6 is 11.6 Å². The molecule has 1 aliphatic heterocycles. The van der Waals surface area contributed by atoms with E-state index in [1.165, 1.54) is 42.5 Å². The molecule has 0 atom stereocenters. The Balaban J connectivity index is 1.97. The molecule has 0 saturated heterocycles. The number of hydrogen-bond donors (Lipinski definition) is 2. The Morgan fingerprint density at radius 3 is 2.50 bits per heavy atom. The monoisotopic (exact) mass is 368 g/mol. The summed E-state index contributed by atoms with van der Waals surface area (Å²) in [6, 6.07) is 11.3. The van der Waals surface area contributed by atoms with E-state index in [0.29, 0.717) is 5.69 Å². The molecule has 9 heteroatoms. The molecular weight excluding hydrogens is 360 g/mol. The minimum atomic E-state index is -1.10. The molecule has 1 amide bonds. The summed E-state index contributed by atoms with van der Waals surface area (Å²) in [4.78, 5) is 27.6. The Hall–Kier alpha value is -3.70. The number of amides is 1. The van der Waals surface area contributed by atoms with Gasteiger partial charge in [0.25, 0.3) is 5.91 Å². The number of carboxylic acids is 1. The minimum absolute atomic E-state index is 0.0499. The highest BCUT2D eigenvalue weighted by Crippen LogP contribution is 2.28. The third kappa shape index (κ3) is 3.11. The Kier molecular flexibility index (Phi) is 4.39. The highest BCUT2D eigenvalue weighted by atomic mass is 35.5. The van der Waals surface area contributed by atoms with Crippen molar-refractivity contribution in [3.63, 3.8) is 0 Å². The molecule has 2 aromatic rings. The Labute approximate surface area is 151 Å². The van der Waals surface area contributed by atoms with Gasteiger partial charge in [-0.25, -0.2) is 9.79 Å². The number of nitriles is 1. The molecule has 0 spiro atoms. The predicted octanol–water partition coefficient (Wildman–Crippen LogP) is 2.74. The van der Waals surface area contributed by atoms with Crippen molar-refractivity contribution in [2.75, 3.05) is 5.01 Å². The molecule has 128 valence electrons. The number of nitrogens with zero attached hydrogens (tertiary/aromatic N) is 4. The molecule has 8 nitrogen and oxygen atoms in total. The van der Waals surface area contributed by atoms with Crippen LogP contribution in [0.3, 0.4) is 0 Å². The number of hydrazone groups is 1. The summed E-state index contributed by atoms with van der Waals surface area (Å²) in [6.07, 6.45) is 0. The maximum absolute atomic E-state index is 12.6. The maximum atomic E-state index is 12.6. The van der Waals surface area contributed by atoms with Gasteiger partial charge in [0, 0.05) is 0 Å². The fourth-order valence-electron chi connectivity index (χ4n) is 2.19. The van der Waals surface area contributed by atoms with Crippen molar-refractivity contribution in [1.82, 2.24) is 0 Å². The standard InChI is InChI=1S/C17H9ClN4O4/c18-12-7-10(3-6-14(12)23)20-15-13(8-19)21-22(16(15)24)11-4-1-9(2-5-11)17(25)26/h1-7,23H,(H,25,26). The van der Waals surface area contributed by atoms with Gasteiger partial charge in [0.1, 0.15) is 11.8 Å². The van der Waals surface area contributed by atoms with Gasteiger partial charge >= 0.3 is 5.97 Å². The zero-order valence-corrected chi connectivity index (χ0v) is 13.7.